The Balaban J connectivity index is 2.87. The molecule has 0 unspecified atom stereocenters. The smallest absolute Gasteiger partial charge is 0.0409 e. The molecule has 0 fully saturated rings. The Morgan fingerprint density at radius 1 is 1.46 bits per heavy atom. The molecule has 0 heterocycles. The van der Waals surface area contributed by atoms with Gasteiger partial charge in [-0.2, -0.15) is 0 Å². The summed E-state index contributed by atoms with van der Waals surface area (Å²) < 4.78 is 0. The van der Waals surface area contributed by atoms with Crippen molar-refractivity contribution in [2.45, 2.75) is 26.2 Å². The first-order valence-corrected chi connectivity index (χ1v) is 5.06. The summed E-state index contributed by atoms with van der Waals surface area (Å²) in [5.41, 5.74) is 2.52. The number of rotatable bonds is 4. The van der Waals surface area contributed by atoms with Crippen molar-refractivity contribution in [1.82, 2.24) is 0 Å². The minimum absolute atomic E-state index is 0.816. The zero-order valence-corrected chi connectivity index (χ0v) is 8.77. The van der Waals surface area contributed by atoms with E-state index in [1.165, 1.54) is 24.0 Å². The fourth-order valence-corrected chi connectivity index (χ4v) is 1.55. The molecule has 0 spiro atoms. The summed E-state index contributed by atoms with van der Waals surface area (Å²) in [6.45, 7) is 5.98. The fraction of sp³-hybridized carbons (Fsp3) is 0.333. The Morgan fingerprint density at radius 3 is 2.85 bits per heavy atom. The van der Waals surface area contributed by atoms with Crippen LogP contribution >= 0.6 is 11.6 Å². The predicted octanol–water partition coefficient (Wildman–Crippen LogP) is 4.33. The molecule has 0 aliphatic rings. The van der Waals surface area contributed by atoms with Crippen molar-refractivity contribution in [3.8, 4) is 0 Å². The quantitative estimate of drug-likeness (QED) is 0.670. The third kappa shape index (κ3) is 2.89. The van der Waals surface area contributed by atoms with Gasteiger partial charge in [0.1, 0.15) is 0 Å². The standard InChI is InChI=1S/C12H15Cl/c1-3-5-6-11-9-12(13)8-7-10(11)4-2/h4,7-9H,2-3,5-6H2,1H3. The SMILES string of the molecule is C=Cc1ccc(Cl)cc1CCCC. The number of hydrogen-bond donors (Lipinski definition) is 0. The van der Waals surface area contributed by atoms with Crippen molar-refractivity contribution in [1.29, 1.82) is 0 Å². The molecule has 0 bridgehead atoms. The fourth-order valence-electron chi connectivity index (χ4n) is 1.36. The molecule has 0 aliphatic heterocycles. The molecule has 0 nitrogen and oxygen atoms in total. The molecule has 0 N–H and O–H groups in total. The second-order valence-corrected chi connectivity index (χ2v) is 3.59. The summed E-state index contributed by atoms with van der Waals surface area (Å²) in [5.74, 6) is 0. The Morgan fingerprint density at radius 2 is 2.23 bits per heavy atom. The van der Waals surface area contributed by atoms with Gasteiger partial charge in [-0.15, -0.1) is 0 Å². The summed E-state index contributed by atoms with van der Waals surface area (Å²) in [4.78, 5) is 0. The lowest BCUT2D eigenvalue weighted by atomic mass is 10.0. The zero-order valence-electron chi connectivity index (χ0n) is 8.02. The molecule has 0 atom stereocenters. The molecule has 1 aromatic carbocycles. The molecule has 0 radical (unpaired) electrons. The van der Waals surface area contributed by atoms with E-state index in [0.29, 0.717) is 0 Å². The lowest BCUT2D eigenvalue weighted by Crippen LogP contribution is -1.88. The molecule has 0 saturated heterocycles. The van der Waals surface area contributed by atoms with Gasteiger partial charge in [0.2, 0.25) is 0 Å². The van der Waals surface area contributed by atoms with Crippen LogP contribution in [0.2, 0.25) is 5.02 Å². The molecule has 70 valence electrons. The number of halogens is 1. The van der Waals surface area contributed by atoms with Crippen LogP contribution in [0.15, 0.2) is 24.8 Å². The minimum Gasteiger partial charge on any atom is -0.0985 e. The van der Waals surface area contributed by atoms with Gasteiger partial charge in [-0.1, -0.05) is 43.7 Å². The van der Waals surface area contributed by atoms with E-state index in [1.54, 1.807) is 0 Å². The highest BCUT2D eigenvalue weighted by Crippen LogP contribution is 2.18. The van der Waals surface area contributed by atoms with Gasteiger partial charge < -0.3 is 0 Å². The van der Waals surface area contributed by atoms with E-state index in [9.17, 15) is 0 Å². The highest BCUT2D eigenvalue weighted by Gasteiger charge is 1.99. The lowest BCUT2D eigenvalue weighted by molar-refractivity contribution is 0.794. The van der Waals surface area contributed by atoms with E-state index in [1.807, 2.05) is 24.3 Å². The average Bonchev–Trinajstić information content (AvgIpc) is 2.15. The van der Waals surface area contributed by atoms with Crippen LogP contribution in [0.4, 0.5) is 0 Å². The van der Waals surface area contributed by atoms with Gasteiger partial charge in [0.25, 0.3) is 0 Å². The maximum atomic E-state index is 5.92. The molecular weight excluding hydrogens is 180 g/mol. The van der Waals surface area contributed by atoms with Crippen LogP contribution in [0.5, 0.6) is 0 Å². The van der Waals surface area contributed by atoms with Crippen molar-refractivity contribution in [3.63, 3.8) is 0 Å². The van der Waals surface area contributed by atoms with Gasteiger partial charge in [0.15, 0.2) is 0 Å². The molecule has 0 aliphatic carbocycles. The third-order valence-corrected chi connectivity index (χ3v) is 2.36. The first kappa shape index (κ1) is 10.3. The third-order valence-electron chi connectivity index (χ3n) is 2.12. The lowest BCUT2D eigenvalue weighted by Gasteiger charge is -2.05. The van der Waals surface area contributed by atoms with E-state index in [-0.39, 0.29) is 0 Å². The van der Waals surface area contributed by atoms with E-state index >= 15 is 0 Å². The molecule has 1 heteroatoms. The van der Waals surface area contributed by atoms with Gasteiger partial charge in [0.05, 0.1) is 0 Å². The largest absolute Gasteiger partial charge is 0.0985 e. The number of unbranched alkanes of at least 4 members (excludes halogenated alkanes) is 1. The summed E-state index contributed by atoms with van der Waals surface area (Å²) >= 11 is 5.92. The Kier molecular flexibility index (Phi) is 4.04. The first-order chi connectivity index (χ1) is 6.27. The maximum absolute atomic E-state index is 5.92. The van der Waals surface area contributed by atoms with Crippen LogP contribution in [-0.4, -0.2) is 0 Å². The monoisotopic (exact) mass is 194 g/mol. The van der Waals surface area contributed by atoms with Gasteiger partial charge in [0, 0.05) is 5.02 Å². The topological polar surface area (TPSA) is 0 Å². The molecule has 1 aromatic rings. The number of benzene rings is 1. The molecule has 1 rings (SSSR count). The summed E-state index contributed by atoms with van der Waals surface area (Å²) in [6, 6.07) is 5.97. The summed E-state index contributed by atoms with van der Waals surface area (Å²) in [7, 11) is 0. The summed E-state index contributed by atoms with van der Waals surface area (Å²) in [5, 5.41) is 0.816. The second-order valence-electron chi connectivity index (χ2n) is 3.15. The van der Waals surface area contributed by atoms with Crippen LogP contribution in [0.3, 0.4) is 0 Å². The van der Waals surface area contributed by atoms with Crippen molar-refractivity contribution in [2.24, 2.45) is 0 Å². The highest BCUT2D eigenvalue weighted by atomic mass is 35.5. The van der Waals surface area contributed by atoms with Crippen molar-refractivity contribution in [3.05, 3.63) is 40.9 Å². The van der Waals surface area contributed by atoms with Crippen LogP contribution in [0, 0.1) is 0 Å². The van der Waals surface area contributed by atoms with Gasteiger partial charge >= 0.3 is 0 Å². The van der Waals surface area contributed by atoms with Crippen molar-refractivity contribution >= 4 is 17.7 Å². The predicted molar refractivity (Wildman–Crippen MR) is 60.2 cm³/mol. The molecule has 13 heavy (non-hydrogen) atoms. The second kappa shape index (κ2) is 5.08. The van der Waals surface area contributed by atoms with Gasteiger partial charge in [-0.05, 0) is 36.1 Å². The molecular formula is C12H15Cl. The van der Waals surface area contributed by atoms with Gasteiger partial charge in [-0.3, -0.25) is 0 Å². The molecule has 0 amide bonds. The number of hydrogen-bond acceptors (Lipinski definition) is 0. The maximum Gasteiger partial charge on any atom is 0.0409 e. The Labute approximate surface area is 85.2 Å². The van der Waals surface area contributed by atoms with E-state index in [4.69, 9.17) is 11.6 Å². The highest BCUT2D eigenvalue weighted by molar-refractivity contribution is 6.30. The number of aryl methyl sites for hydroxylation is 1. The van der Waals surface area contributed by atoms with Crippen LogP contribution in [0.25, 0.3) is 6.08 Å². The zero-order chi connectivity index (χ0) is 9.68. The van der Waals surface area contributed by atoms with Crippen molar-refractivity contribution in [2.75, 3.05) is 0 Å². The first-order valence-electron chi connectivity index (χ1n) is 4.68. The van der Waals surface area contributed by atoms with E-state index in [2.05, 4.69) is 13.5 Å². The van der Waals surface area contributed by atoms with Crippen molar-refractivity contribution < 1.29 is 0 Å². The molecule has 0 aromatic heterocycles. The van der Waals surface area contributed by atoms with Crippen LogP contribution < -0.4 is 0 Å². The minimum atomic E-state index is 0.816. The van der Waals surface area contributed by atoms with Crippen LogP contribution in [0.1, 0.15) is 30.9 Å². The van der Waals surface area contributed by atoms with E-state index < -0.39 is 0 Å². The summed E-state index contributed by atoms with van der Waals surface area (Å²) in [6.07, 6.45) is 5.41. The normalized spacial score (nSPS) is 10.0. The molecule has 0 saturated carbocycles. The van der Waals surface area contributed by atoms with Gasteiger partial charge in [-0.25, -0.2) is 0 Å². The van der Waals surface area contributed by atoms with E-state index in [0.717, 1.165) is 11.4 Å². The Hall–Kier alpha value is -0.750. The average molecular weight is 195 g/mol. The Bertz CT molecular complexity index is 289. The van der Waals surface area contributed by atoms with Crippen LogP contribution in [-0.2, 0) is 6.42 Å².